The number of carbonyl (C=O) groups is 1. The molecule has 5 heteroatoms. The van der Waals surface area contributed by atoms with E-state index >= 15 is 0 Å². The molecule has 1 aromatic carbocycles. The van der Waals surface area contributed by atoms with Crippen molar-refractivity contribution in [2.45, 2.75) is 39.3 Å². The number of hydrogen-bond acceptors (Lipinski definition) is 4. The molecular formula is C18H23NO4. The molecule has 2 rings (SSSR count). The van der Waals surface area contributed by atoms with E-state index in [1.54, 1.807) is 38.3 Å². The monoisotopic (exact) mass is 317 g/mol. The van der Waals surface area contributed by atoms with E-state index < -0.39 is 12.1 Å². The largest absolute Gasteiger partial charge is 0.497 e. The summed E-state index contributed by atoms with van der Waals surface area (Å²) in [7, 11) is 1.59. The van der Waals surface area contributed by atoms with E-state index in [4.69, 9.17) is 9.15 Å². The number of aryl methyl sites for hydroxylation is 2. The van der Waals surface area contributed by atoms with Crippen LogP contribution < -0.4 is 10.1 Å². The van der Waals surface area contributed by atoms with Crippen molar-refractivity contribution in [1.82, 2.24) is 5.32 Å². The molecule has 0 aliphatic heterocycles. The molecule has 2 unspecified atom stereocenters. The normalized spacial score (nSPS) is 13.4. The van der Waals surface area contributed by atoms with Gasteiger partial charge in [0.05, 0.1) is 19.3 Å². The lowest BCUT2D eigenvalue weighted by atomic mass is 10.0. The fourth-order valence-corrected chi connectivity index (χ4v) is 2.39. The van der Waals surface area contributed by atoms with Crippen molar-refractivity contribution in [3.63, 3.8) is 0 Å². The molecule has 1 aromatic heterocycles. The number of benzene rings is 1. The lowest BCUT2D eigenvalue weighted by Crippen LogP contribution is -2.37. The lowest BCUT2D eigenvalue weighted by molar-refractivity contribution is 0.0823. The molecule has 0 saturated carbocycles. The van der Waals surface area contributed by atoms with E-state index in [0.29, 0.717) is 11.3 Å². The third-order valence-electron chi connectivity index (χ3n) is 3.81. The number of aliphatic hydroxyl groups is 1. The number of rotatable bonds is 6. The molecule has 0 bridgehead atoms. The number of carbonyl (C=O) groups excluding carboxylic acids is 1. The van der Waals surface area contributed by atoms with E-state index in [1.165, 1.54) is 0 Å². The zero-order valence-electron chi connectivity index (χ0n) is 13.9. The number of amides is 1. The highest BCUT2D eigenvalue weighted by Gasteiger charge is 2.22. The van der Waals surface area contributed by atoms with Crippen LogP contribution in [-0.2, 0) is 6.42 Å². The van der Waals surface area contributed by atoms with Crippen molar-refractivity contribution in [2.24, 2.45) is 0 Å². The van der Waals surface area contributed by atoms with E-state index in [-0.39, 0.29) is 5.91 Å². The second kappa shape index (κ2) is 7.33. The van der Waals surface area contributed by atoms with E-state index in [9.17, 15) is 9.90 Å². The van der Waals surface area contributed by atoms with Crippen molar-refractivity contribution in [3.8, 4) is 5.75 Å². The number of furan rings is 1. The Morgan fingerprint density at radius 2 is 2.00 bits per heavy atom. The van der Waals surface area contributed by atoms with Crippen LogP contribution in [0.2, 0.25) is 0 Å². The summed E-state index contributed by atoms with van der Waals surface area (Å²) >= 11 is 0. The van der Waals surface area contributed by atoms with Gasteiger partial charge in [-0.25, -0.2) is 0 Å². The maximum Gasteiger partial charge on any atom is 0.287 e. The minimum absolute atomic E-state index is 0.302. The van der Waals surface area contributed by atoms with Gasteiger partial charge in [-0.1, -0.05) is 19.1 Å². The standard InChI is InChI=1S/C18H23NO4/c1-5-14-10-11(2)17(23-14)18(21)19-12(3)16(20)13-6-8-15(22-4)9-7-13/h6-10,12,16,20H,5H2,1-4H3,(H,19,21). The summed E-state index contributed by atoms with van der Waals surface area (Å²) < 4.78 is 10.6. The van der Waals surface area contributed by atoms with E-state index in [1.807, 2.05) is 19.9 Å². The Balaban J connectivity index is 2.05. The van der Waals surface area contributed by atoms with Gasteiger partial charge in [-0.3, -0.25) is 4.79 Å². The number of ether oxygens (including phenoxy) is 1. The van der Waals surface area contributed by atoms with Crippen LogP contribution in [0, 0.1) is 6.92 Å². The van der Waals surface area contributed by atoms with Gasteiger partial charge in [0.15, 0.2) is 5.76 Å². The molecule has 0 radical (unpaired) electrons. The van der Waals surface area contributed by atoms with Crippen LogP contribution in [0.1, 0.15) is 47.4 Å². The van der Waals surface area contributed by atoms with Crippen molar-refractivity contribution >= 4 is 5.91 Å². The third-order valence-corrected chi connectivity index (χ3v) is 3.81. The average Bonchev–Trinajstić information content (AvgIpc) is 2.95. The molecule has 2 aromatic rings. The summed E-state index contributed by atoms with van der Waals surface area (Å²) in [6.45, 7) is 5.56. The van der Waals surface area contributed by atoms with Gasteiger partial charge in [0.1, 0.15) is 11.5 Å². The average molecular weight is 317 g/mol. The van der Waals surface area contributed by atoms with Gasteiger partial charge in [0.25, 0.3) is 5.91 Å². The van der Waals surface area contributed by atoms with Crippen molar-refractivity contribution in [1.29, 1.82) is 0 Å². The highest BCUT2D eigenvalue weighted by Crippen LogP contribution is 2.21. The van der Waals surface area contributed by atoms with Gasteiger partial charge < -0.3 is 19.6 Å². The SMILES string of the molecule is CCc1cc(C)c(C(=O)NC(C)C(O)c2ccc(OC)cc2)o1. The second-order valence-electron chi connectivity index (χ2n) is 5.56. The van der Waals surface area contributed by atoms with Gasteiger partial charge >= 0.3 is 0 Å². The summed E-state index contributed by atoms with van der Waals surface area (Å²) in [5, 5.41) is 13.2. The van der Waals surface area contributed by atoms with Crippen LogP contribution in [-0.4, -0.2) is 24.2 Å². The first-order valence-corrected chi connectivity index (χ1v) is 7.68. The highest BCUT2D eigenvalue weighted by molar-refractivity contribution is 5.93. The van der Waals surface area contributed by atoms with Crippen LogP contribution in [0.15, 0.2) is 34.7 Å². The molecule has 124 valence electrons. The Morgan fingerprint density at radius 1 is 1.35 bits per heavy atom. The van der Waals surface area contributed by atoms with Gasteiger partial charge in [-0.05, 0) is 37.6 Å². The topological polar surface area (TPSA) is 71.7 Å². The lowest BCUT2D eigenvalue weighted by Gasteiger charge is -2.20. The van der Waals surface area contributed by atoms with Crippen molar-refractivity contribution in [3.05, 3.63) is 53.0 Å². The number of hydrogen-bond donors (Lipinski definition) is 2. The first-order valence-electron chi connectivity index (χ1n) is 7.68. The molecule has 0 fully saturated rings. The predicted molar refractivity (Wildman–Crippen MR) is 87.7 cm³/mol. The molecule has 1 amide bonds. The predicted octanol–water partition coefficient (Wildman–Crippen LogP) is 3.01. The van der Waals surface area contributed by atoms with Gasteiger partial charge in [-0.2, -0.15) is 0 Å². The molecule has 1 heterocycles. The Morgan fingerprint density at radius 3 is 2.52 bits per heavy atom. The summed E-state index contributed by atoms with van der Waals surface area (Å²) in [6, 6.07) is 8.51. The Hall–Kier alpha value is -2.27. The molecule has 0 saturated heterocycles. The maximum atomic E-state index is 12.3. The molecule has 0 aliphatic carbocycles. The van der Waals surface area contributed by atoms with Crippen LogP contribution in [0.25, 0.3) is 0 Å². The smallest absolute Gasteiger partial charge is 0.287 e. The second-order valence-corrected chi connectivity index (χ2v) is 5.56. The number of methoxy groups -OCH3 is 1. The molecular weight excluding hydrogens is 294 g/mol. The minimum Gasteiger partial charge on any atom is -0.497 e. The van der Waals surface area contributed by atoms with Crippen LogP contribution in [0.4, 0.5) is 0 Å². The summed E-state index contributed by atoms with van der Waals surface area (Å²) in [6.07, 6.45) is -0.0798. The minimum atomic E-state index is -0.814. The first kappa shape index (κ1) is 17.1. The zero-order valence-corrected chi connectivity index (χ0v) is 13.9. The van der Waals surface area contributed by atoms with Crippen LogP contribution in [0.5, 0.6) is 5.75 Å². The van der Waals surface area contributed by atoms with Crippen LogP contribution in [0.3, 0.4) is 0 Å². The fourth-order valence-electron chi connectivity index (χ4n) is 2.39. The zero-order chi connectivity index (χ0) is 17.0. The number of aliphatic hydroxyl groups excluding tert-OH is 1. The van der Waals surface area contributed by atoms with E-state index in [2.05, 4.69) is 5.32 Å². The van der Waals surface area contributed by atoms with Gasteiger partial charge in [0.2, 0.25) is 0 Å². The summed E-state index contributed by atoms with van der Waals surface area (Å²) in [5.41, 5.74) is 1.51. The molecule has 23 heavy (non-hydrogen) atoms. The van der Waals surface area contributed by atoms with E-state index in [0.717, 1.165) is 23.5 Å². The quantitative estimate of drug-likeness (QED) is 0.859. The van der Waals surface area contributed by atoms with Crippen molar-refractivity contribution < 1.29 is 19.1 Å². The maximum absolute atomic E-state index is 12.3. The Bertz CT molecular complexity index is 660. The third kappa shape index (κ3) is 3.93. The summed E-state index contributed by atoms with van der Waals surface area (Å²) in [5.74, 6) is 1.48. The molecule has 0 spiro atoms. The van der Waals surface area contributed by atoms with Gasteiger partial charge in [-0.15, -0.1) is 0 Å². The summed E-state index contributed by atoms with van der Waals surface area (Å²) in [4.78, 5) is 12.3. The number of nitrogens with one attached hydrogen (secondary N) is 1. The molecule has 2 atom stereocenters. The molecule has 0 aliphatic rings. The Kier molecular flexibility index (Phi) is 5.45. The fraction of sp³-hybridized carbons (Fsp3) is 0.389. The molecule has 2 N–H and O–H groups in total. The van der Waals surface area contributed by atoms with Crippen molar-refractivity contribution in [2.75, 3.05) is 7.11 Å². The Labute approximate surface area is 136 Å². The van der Waals surface area contributed by atoms with Crippen LogP contribution >= 0.6 is 0 Å². The molecule has 5 nitrogen and oxygen atoms in total. The first-order chi connectivity index (χ1) is 11.0. The van der Waals surface area contributed by atoms with Gasteiger partial charge in [0, 0.05) is 12.0 Å². The highest BCUT2D eigenvalue weighted by atomic mass is 16.5.